The summed E-state index contributed by atoms with van der Waals surface area (Å²) in [4.78, 5) is 19.9. The minimum Gasteiger partial charge on any atom is -0.744 e. The molecule has 55 heavy (non-hydrogen) atoms. The molecule has 0 aromatic heterocycles. The Balaban J connectivity index is 0.000000240. The molecule has 0 aliphatic carbocycles. The van der Waals surface area contributed by atoms with Crippen molar-refractivity contribution < 1.29 is 46.0 Å². The number of hydrogen-bond donors (Lipinski definition) is 2. The molecule has 6 rings (SSSR count). The second kappa shape index (κ2) is 16.9. The monoisotopic (exact) mass is 812 g/mol. The van der Waals surface area contributed by atoms with Gasteiger partial charge in [-0.05, 0) is 73.5 Å². The van der Waals surface area contributed by atoms with E-state index in [2.05, 4.69) is 20.5 Å². The van der Waals surface area contributed by atoms with Gasteiger partial charge in [0.25, 0.3) is 11.4 Å². The normalized spacial score (nSPS) is 11.7. The molecule has 18 nitrogen and oxygen atoms in total. The van der Waals surface area contributed by atoms with E-state index in [1.165, 1.54) is 72.8 Å². The number of rotatable bonds is 8. The van der Waals surface area contributed by atoms with Crippen LogP contribution in [0.3, 0.4) is 0 Å². The molecule has 0 atom stereocenters. The Morgan fingerprint density at radius 3 is 1.22 bits per heavy atom. The predicted molar refractivity (Wildman–Crippen MR) is 197 cm³/mol. The molecule has 0 spiro atoms. The topological polar surface area (TPSA) is 291 Å². The van der Waals surface area contributed by atoms with E-state index < -0.39 is 39.9 Å². The van der Waals surface area contributed by atoms with Crippen molar-refractivity contribution in [3.8, 4) is 11.5 Å². The number of aryl methyl sites for hydroxylation is 2. The fourth-order valence-electron chi connectivity index (χ4n) is 5.28. The average Bonchev–Trinajstić information content (AvgIpc) is 3.09. The molecule has 0 amide bonds. The summed E-state index contributed by atoms with van der Waals surface area (Å²) in [5.41, 5.74) is 1.14. The second-order valence-corrected chi connectivity index (χ2v) is 14.1. The van der Waals surface area contributed by atoms with Gasteiger partial charge in [-0.15, -0.1) is 10.2 Å². The summed E-state index contributed by atoms with van der Waals surface area (Å²) in [6.45, 7) is 3.32. The van der Waals surface area contributed by atoms with Gasteiger partial charge in [-0.3, -0.25) is 20.2 Å². The maximum Gasteiger partial charge on any atom is 2.00 e. The third-order valence-corrected chi connectivity index (χ3v) is 9.32. The molecule has 0 bridgehead atoms. The van der Waals surface area contributed by atoms with E-state index in [9.17, 15) is 56.4 Å². The zero-order valence-electron chi connectivity index (χ0n) is 28.4. The average molecular weight is 813 g/mol. The Morgan fingerprint density at radius 1 is 0.527 bits per heavy atom. The van der Waals surface area contributed by atoms with Crippen LogP contribution < -0.4 is 0 Å². The Kier molecular flexibility index (Phi) is 13.0. The molecule has 0 aliphatic rings. The number of aromatic hydroxyl groups is 2. The molecular weight excluding hydrogens is 789 g/mol. The largest absolute Gasteiger partial charge is 2.00 e. The quantitative estimate of drug-likeness (QED) is 0.0489. The van der Waals surface area contributed by atoms with Crippen LogP contribution in [-0.4, -0.2) is 83.7 Å². The van der Waals surface area contributed by atoms with Crippen LogP contribution >= 0.6 is 0 Å². The van der Waals surface area contributed by atoms with Gasteiger partial charge in [-0.2, -0.15) is 10.2 Å². The van der Waals surface area contributed by atoms with Gasteiger partial charge in [0.05, 0.1) is 31.0 Å². The van der Waals surface area contributed by atoms with Crippen LogP contribution in [0.4, 0.5) is 34.1 Å². The first-order chi connectivity index (χ1) is 25.3. The van der Waals surface area contributed by atoms with Gasteiger partial charge < -0.3 is 19.3 Å². The third kappa shape index (κ3) is 9.99. The van der Waals surface area contributed by atoms with Crippen LogP contribution in [0, 0.1) is 34.1 Å². The molecule has 21 heteroatoms. The van der Waals surface area contributed by atoms with Gasteiger partial charge in [0, 0.05) is 45.8 Å². The number of nitro groups is 2. The smallest absolute Gasteiger partial charge is 0.744 e. The zero-order chi connectivity index (χ0) is 39.5. The first kappa shape index (κ1) is 42.3. The van der Waals surface area contributed by atoms with Crippen LogP contribution in [0.5, 0.6) is 11.5 Å². The molecule has 0 heterocycles. The molecule has 6 aromatic rings. The van der Waals surface area contributed by atoms with Crippen molar-refractivity contribution >= 4 is 114 Å². The van der Waals surface area contributed by atoms with Crippen molar-refractivity contribution in [3.05, 3.63) is 128 Å². The van der Waals surface area contributed by atoms with Crippen LogP contribution in [0.25, 0.3) is 21.5 Å². The number of phenolic OH excluding ortho intramolecular Hbond substituents is 2. The van der Waals surface area contributed by atoms with Gasteiger partial charge >= 0.3 is 37.7 Å². The van der Waals surface area contributed by atoms with Crippen molar-refractivity contribution in [2.24, 2.45) is 20.5 Å². The van der Waals surface area contributed by atoms with E-state index in [-0.39, 0.29) is 105 Å². The second-order valence-electron chi connectivity index (χ2n) is 11.4. The van der Waals surface area contributed by atoms with Crippen molar-refractivity contribution in [1.29, 1.82) is 0 Å². The Hall–Kier alpha value is -5.48. The molecular formula is C34H24CaN6O12S2. The summed E-state index contributed by atoms with van der Waals surface area (Å²) in [6.07, 6.45) is 0. The fourth-order valence-corrected chi connectivity index (χ4v) is 6.66. The maximum atomic E-state index is 11.4. The van der Waals surface area contributed by atoms with Crippen LogP contribution in [0.2, 0.25) is 0 Å². The van der Waals surface area contributed by atoms with E-state index >= 15 is 0 Å². The minimum atomic E-state index is -4.73. The van der Waals surface area contributed by atoms with E-state index in [1.54, 1.807) is 26.0 Å². The molecule has 0 saturated heterocycles. The predicted octanol–water partition coefficient (Wildman–Crippen LogP) is 7.78. The summed E-state index contributed by atoms with van der Waals surface area (Å²) < 4.78 is 68.6. The van der Waals surface area contributed by atoms with Crippen molar-refractivity contribution in [1.82, 2.24) is 0 Å². The number of phenols is 2. The molecule has 2 N–H and O–H groups in total. The standard InChI is InChI=1S/2C17H13N3O6S.Ca/c2*1-10-7-11(9-12(8-10)20(22)23)18-19-17-14-3-2-4-16(27(24,25)26)13(14)5-6-15(17)21;/h2*2-9,21H,1H3,(H,24,25,26);/q;;+2/p-2. The number of nitrogens with zero attached hydrogens (tertiary/aromatic N) is 6. The van der Waals surface area contributed by atoms with E-state index in [0.29, 0.717) is 11.1 Å². The summed E-state index contributed by atoms with van der Waals surface area (Å²) in [7, 11) is -9.45. The van der Waals surface area contributed by atoms with Crippen LogP contribution in [0.15, 0.2) is 127 Å². The van der Waals surface area contributed by atoms with Crippen molar-refractivity contribution in [3.63, 3.8) is 0 Å². The number of fused-ring (bicyclic) bond motifs is 2. The number of benzene rings is 6. The number of nitro benzene ring substituents is 2. The fraction of sp³-hybridized carbons (Fsp3) is 0.0588. The van der Waals surface area contributed by atoms with E-state index in [1.807, 2.05) is 0 Å². The first-order valence-corrected chi connectivity index (χ1v) is 17.9. The summed E-state index contributed by atoms with van der Waals surface area (Å²) in [5, 5.41) is 58.3. The summed E-state index contributed by atoms with van der Waals surface area (Å²) >= 11 is 0. The minimum absolute atomic E-state index is 0. The zero-order valence-corrected chi connectivity index (χ0v) is 32.3. The Labute approximate surface area is 341 Å². The van der Waals surface area contributed by atoms with Gasteiger partial charge in [0.15, 0.2) is 0 Å². The van der Waals surface area contributed by atoms with Crippen molar-refractivity contribution in [2.45, 2.75) is 23.6 Å². The maximum absolute atomic E-state index is 11.4. The molecule has 0 unspecified atom stereocenters. The number of non-ortho nitro benzene ring substituents is 2. The van der Waals surface area contributed by atoms with Gasteiger partial charge in [-0.1, -0.05) is 24.3 Å². The van der Waals surface area contributed by atoms with Crippen LogP contribution in [-0.2, 0) is 20.2 Å². The van der Waals surface area contributed by atoms with Gasteiger partial charge in [-0.25, -0.2) is 16.8 Å². The molecule has 276 valence electrons. The van der Waals surface area contributed by atoms with E-state index in [0.717, 1.165) is 12.1 Å². The molecule has 0 radical (unpaired) electrons. The van der Waals surface area contributed by atoms with Crippen LogP contribution in [0.1, 0.15) is 11.1 Å². The Morgan fingerprint density at radius 2 is 0.891 bits per heavy atom. The number of azo groups is 2. The Bertz CT molecular complexity index is 2610. The molecule has 6 aromatic carbocycles. The third-order valence-electron chi connectivity index (χ3n) is 7.53. The number of hydrogen-bond acceptors (Lipinski definition) is 16. The first-order valence-electron chi connectivity index (χ1n) is 15.1. The van der Waals surface area contributed by atoms with E-state index in [4.69, 9.17) is 0 Å². The van der Waals surface area contributed by atoms with Gasteiger partial charge in [0.1, 0.15) is 43.1 Å². The summed E-state index contributed by atoms with van der Waals surface area (Å²) in [5.74, 6) is -0.567. The van der Waals surface area contributed by atoms with Gasteiger partial charge in [0.2, 0.25) is 0 Å². The molecule has 0 fully saturated rings. The van der Waals surface area contributed by atoms with Crippen molar-refractivity contribution in [2.75, 3.05) is 0 Å². The molecule has 0 aliphatic heterocycles. The SMILES string of the molecule is Cc1cc(N=Nc2c(O)ccc3c(S(=O)(=O)[O-])cccc23)cc([N+](=O)[O-])c1.Cc1cc(N=Nc2c(O)ccc3c(S(=O)(=O)[O-])cccc23)cc([N+](=O)[O-])c1.[Ca+2]. The summed E-state index contributed by atoms with van der Waals surface area (Å²) in [6, 6.07) is 21.3. The molecule has 0 saturated carbocycles.